The zero-order valence-electron chi connectivity index (χ0n) is 10.5. The third kappa shape index (κ3) is 4.32. The first kappa shape index (κ1) is 13.8. The highest BCUT2D eigenvalue weighted by Crippen LogP contribution is 2.18. The largest absolute Gasteiger partial charge is 0.478 e. The van der Waals surface area contributed by atoms with Crippen LogP contribution in [0.1, 0.15) is 31.1 Å². The highest BCUT2D eigenvalue weighted by atomic mass is 16.6. The van der Waals surface area contributed by atoms with E-state index in [1.807, 2.05) is 0 Å². The van der Waals surface area contributed by atoms with Gasteiger partial charge in [0.2, 0.25) is 0 Å². The van der Waals surface area contributed by atoms with Crippen LogP contribution in [0.3, 0.4) is 0 Å². The number of nitrogens with two attached hydrogens (primary N) is 1. The maximum Gasteiger partial charge on any atom is 0.412 e. The fourth-order valence-electron chi connectivity index (χ4n) is 1.27. The van der Waals surface area contributed by atoms with Gasteiger partial charge in [0.05, 0.1) is 5.56 Å². The normalized spacial score (nSPS) is 10.8. The summed E-state index contributed by atoms with van der Waals surface area (Å²) in [6.45, 7) is 5.19. The van der Waals surface area contributed by atoms with E-state index in [0.717, 1.165) is 0 Å². The number of benzene rings is 1. The third-order valence-corrected chi connectivity index (χ3v) is 1.85. The number of amides is 1. The first-order valence-electron chi connectivity index (χ1n) is 5.31. The lowest BCUT2D eigenvalue weighted by Crippen LogP contribution is -2.27. The lowest BCUT2D eigenvalue weighted by Gasteiger charge is -2.19. The van der Waals surface area contributed by atoms with E-state index >= 15 is 0 Å². The van der Waals surface area contributed by atoms with Crippen molar-refractivity contribution in [1.29, 1.82) is 0 Å². The molecule has 0 radical (unpaired) electrons. The molecule has 4 N–H and O–H groups in total. The van der Waals surface area contributed by atoms with E-state index < -0.39 is 17.7 Å². The maximum atomic E-state index is 11.5. The summed E-state index contributed by atoms with van der Waals surface area (Å²) >= 11 is 0. The van der Waals surface area contributed by atoms with Gasteiger partial charge >= 0.3 is 12.1 Å². The number of ether oxygens (including phenoxy) is 1. The standard InChI is InChI=1S/C12H16N2O4/c1-12(2,3)18-11(17)14-9-5-7(10(15)16)4-8(13)6-9/h4-6H,13H2,1-3H3,(H,14,17)(H,15,16). The molecular weight excluding hydrogens is 236 g/mol. The molecule has 98 valence electrons. The fraction of sp³-hybridized carbons (Fsp3) is 0.333. The first-order valence-corrected chi connectivity index (χ1v) is 5.31. The molecule has 18 heavy (non-hydrogen) atoms. The van der Waals surface area contributed by atoms with Crippen LogP contribution >= 0.6 is 0 Å². The zero-order chi connectivity index (χ0) is 13.9. The Hall–Kier alpha value is -2.24. The molecule has 0 heterocycles. The summed E-state index contributed by atoms with van der Waals surface area (Å²) < 4.78 is 5.04. The van der Waals surface area contributed by atoms with Crippen LogP contribution in [0.2, 0.25) is 0 Å². The smallest absolute Gasteiger partial charge is 0.412 e. The van der Waals surface area contributed by atoms with Crippen LogP contribution in [-0.2, 0) is 4.74 Å². The van der Waals surface area contributed by atoms with Gasteiger partial charge in [-0.25, -0.2) is 9.59 Å². The number of carboxylic acids is 1. The summed E-state index contributed by atoms with van der Waals surface area (Å²) in [5, 5.41) is 11.3. The van der Waals surface area contributed by atoms with Crippen molar-refractivity contribution in [3.05, 3.63) is 23.8 Å². The Morgan fingerprint density at radius 3 is 2.39 bits per heavy atom. The molecular formula is C12H16N2O4. The summed E-state index contributed by atoms with van der Waals surface area (Å²) in [6, 6.07) is 4.07. The summed E-state index contributed by atoms with van der Waals surface area (Å²) in [5.74, 6) is -1.12. The summed E-state index contributed by atoms with van der Waals surface area (Å²) in [5.41, 5.74) is 5.45. The average molecular weight is 252 g/mol. The number of hydrogen-bond acceptors (Lipinski definition) is 4. The first-order chi connectivity index (χ1) is 8.17. The Kier molecular flexibility index (Phi) is 3.80. The Morgan fingerprint density at radius 1 is 1.28 bits per heavy atom. The highest BCUT2D eigenvalue weighted by Gasteiger charge is 2.16. The van der Waals surface area contributed by atoms with E-state index in [4.69, 9.17) is 15.6 Å². The Balaban J connectivity index is 2.85. The SMILES string of the molecule is CC(C)(C)OC(=O)Nc1cc(N)cc(C(=O)O)c1. The maximum absolute atomic E-state index is 11.5. The highest BCUT2D eigenvalue weighted by molar-refractivity contribution is 5.93. The molecule has 0 unspecified atom stereocenters. The molecule has 0 fully saturated rings. The lowest BCUT2D eigenvalue weighted by molar-refractivity contribution is 0.0633. The molecule has 1 rings (SSSR count). The van der Waals surface area contributed by atoms with Crippen LogP contribution in [0, 0.1) is 0 Å². The number of rotatable bonds is 2. The van der Waals surface area contributed by atoms with Gasteiger partial charge in [-0.05, 0) is 39.0 Å². The van der Waals surface area contributed by atoms with Crippen molar-refractivity contribution >= 4 is 23.4 Å². The number of hydrogen-bond donors (Lipinski definition) is 3. The minimum absolute atomic E-state index is 0.000980. The van der Waals surface area contributed by atoms with Crippen LogP contribution in [0.4, 0.5) is 16.2 Å². The number of aromatic carboxylic acids is 1. The van der Waals surface area contributed by atoms with Crippen molar-refractivity contribution in [3.63, 3.8) is 0 Å². The third-order valence-electron chi connectivity index (χ3n) is 1.85. The van der Waals surface area contributed by atoms with Crippen molar-refractivity contribution in [2.45, 2.75) is 26.4 Å². The molecule has 0 saturated carbocycles. The van der Waals surface area contributed by atoms with Gasteiger partial charge < -0.3 is 15.6 Å². The Bertz CT molecular complexity index is 477. The van der Waals surface area contributed by atoms with Crippen LogP contribution in [-0.4, -0.2) is 22.8 Å². The number of carboxylic acid groups (broad SMARTS) is 1. The molecule has 0 spiro atoms. The van der Waals surface area contributed by atoms with Crippen LogP contribution in [0.5, 0.6) is 0 Å². The number of nitrogens with one attached hydrogen (secondary N) is 1. The average Bonchev–Trinajstić information content (AvgIpc) is 2.12. The van der Waals surface area contributed by atoms with Gasteiger partial charge in [0.1, 0.15) is 5.60 Å². The molecule has 0 aliphatic heterocycles. The van der Waals surface area contributed by atoms with E-state index in [1.54, 1.807) is 20.8 Å². The minimum Gasteiger partial charge on any atom is -0.478 e. The van der Waals surface area contributed by atoms with Gasteiger partial charge in [0.25, 0.3) is 0 Å². The molecule has 6 nitrogen and oxygen atoms in total. The fourth-order valence-corrected chi connectivity index (χ4v) is 1.27. The van der Waals surface area contributed by atoms with Gasteiger partial charge in [-0.2, -0.15) is 0 Å². The molecule has 1 aromatic rings. The molecule has 0 saturated heterocycles. The van der Waals surface area contributed by atoms with Gasteiger partial charge in [0.15, 0.2) is 0 Å². The number of anilines is 2. The predicted octanol–water partition coefficient (Wildman–Crippen LogP) is 2.31. The summed E-state index contributed by atoms with van der Waals surface area (Å²) in [6.07, 6.45) is -0.663. The molecule has 0 atom stereocenters. The van der Waals surface area contributed by atoms with Crippen molar-refractivity contribution in [1.82, 2.24) is 0 Å². The quantitative estimate of drug-likeness (QED) is 0.701. The van der Waals surface area contributed by atoms with E-state index in [1.165, 1.54) is 18.2 Å². The second-order valence-electron chi connectivity index (χ2n) is 4.78. The van der Waals surface area contributed by atoms with E-state index in [-0.39, 0.29) is 16.9 Å². The Labute approximate surface area is 105 Å². The van der Waals surface area contributed by atoms with Crippen LogP contribution in [0.15, 0.2) is 18.2 Å². The predicted molar refractivity (Wildman–Crippen MR) is 67.7 cm³/mol. The van der Waals surface area contributed by atoms with E-state index in [2.05, 4.69) is 5.32 Å². The second kappa shape index (κ2) is 4.95. The zero-order valence-corrected chi connectivity index (χ0v) is 10.5. The van der Waals surface area contributed by atoms with Crippen molar-refractivity contribution in [2.75, 3.05) is 11.1 Å². The topological polar surface area (TPSA) is 102 Å². The van der Waals surface area contributed by atoms with Crippen molar-refractivity contribution in [3.8, 4) is 0 Å². The molecule has 0 bridgehead atoms. The summed E-state index contributed by atoms with van der Waals surface area (Å²) in [4.78, 5) is 22.3. The number of carbonyl (C=O) groups is 2. The molecule has 0 aromatic heterocycles. The van der Waals surface area contributed by atoms with E-state index in [0.29, 0.717) is 0 Å². The monoisotopic (exact) mass is 252 g/mol. The van der Waals surface area contributed by atoms with Crippen LogP contribution in [0.25, 0.3) is 0 Å². The lowest BCUT2D eigenvalue weighted by atomic mass is 10.2. The van der Waals surface area contributed by atoms with Gasteiger partial charge in [-0.15, -0.1) is 0 Å². The molecule has 0 aliphatic rings. The molecule has 6 heteroatoms. The van der Waals surface area contributed by atoms with Crippen molar-refractivity contribution < 1.29 is 19.4 Å². The second-order valence-corrected chi connectivity index (χ2v) is 4.78. The van der Waals surface area contributed by atoms with Gasteiger partial charge in [0, 0.05) is 11.4 Å². The van der Waals surface area contributed by atoms with E-state index in [9.17, 15) is 9.59 Å². The van der Waals surface area contributed by atoms with Crippen LogP contribution < -0.4 is 11.1 Å². The molecule has 1 aromatic carbocycles. The van der Waals surface area contributed by atoms with Gasteiger partial charge in [-0.3, -0.25) is 5.32 Å². The minimum atomic E-state index is -1.12. The summed E-state index contributed by atoms with van der Waals surface area (Å²) in [7, 11) is 0. The number of nitrogen functional groups attached to an aromatic ring is 1. The Morgan fingerprint density at radius 2 is 1.89 bits per heavy atom. The molecule has 1 amide bonds. The van der Waals surface area contributed by atoms with Crippen molar-refractivity contribution in [2.24, 2.45) is 0 Å². The van der Waals surface area contributed by atoms with Gasteiger partial charge in [-0.1, -0.05) is 0 Å². The number of carbonyl (C=O) groups excluding carboxylic acids is 1. The molecule has 0 aliphatic carbocycles.